The van der Waals surface area contributed by atoms with Gasteiger partial charge in [0.1, 0.15) is 5.75 Å². The summed E-state index contributed by atoms with van der Waals surface area (Å²) in [4.78, 5) is 2.97. The van der Waals surface area contributed by atoms with Gasteiger partial charge < -0.3 is 19.5 Å². The molecule has 4 nitrogen and oxygen atoms in total. The first-order valence-corrected chi connectivity index (χ1v) is 9.69. The Balaban J connectivity index is 2.33. The van der Waals surface area contributed by atoms with E-state index in [1.165, 1.54) is 0 Å². The van der Waals surface area contributed by atoms with Crippen molar-refractivity contribution in [1.29, 1.82) is 0 Å². The lowest BCUT2D eigenvalue weighted by Gasteiger charge is -2.36. The van der Waals surface area contributed by atoms with Gasteiger partial charge in [0.05, 0.1) is 0 Å². The number of benzene rings is 1. The third-order valence-corrected chi connectivity index (χ3v) is 8.43. The molecule has 1 aromatic heterocycles. The summed E-state index contributed by atoms with van der Waals surface area (Å²) in [6.45, 7) is 11.0. The maximum absolute atomic E-state index is 9.19. The highest BCUT2D eigenvalue weighted by atomic mass is 28.4. The second-order valence-corrected chi connectivity index (χ2v) is 11.4. The van der Waals surface area contributed by atoms with Gasteiger partial charge in [0.15, 0.2) is 0 Å². The van der Waals surface area contributed by atoms with Gasteiger partial charge in [-0.3, -0.25) is 0 Å². The first-order chi connectivity index (χ1) is 9.10. The Bertz CT molecular complexity index is 616. The molecule has 0 bridgehead atoms. The molecule has 0 aliphatic rings. The summed E-state index contributed by atoms with van der Waals surface area (Å²) < 4.78 is 6.24. The smallest absolute Gasteiger partial charge is 0.505 e. The van der Waals surface area contributed by atoms with Crippen molar-refractivity contribution in [2.24, 2.45) is 0 Å². The molecule has 0 saturated heterocycles. The van der Waals surface area contributed by atoms with Gasteiger partial charge >= 0.3 is 7.12 Å². The van der Waals surface area contributed by atoms with Crippen molar-refractivity contribution in [3.05, 3.63) is 24.3 Å². The number of nitrogens with one attached hydrogen (secondary N) is 1. The summed E-state index contributed by atoms with van der Waals surface area (Å²) >= 11 is 0. The van der Waals surface area contributed by atoms with E-state index >= 15 is 0 Å². The average molecular weight is 291 g/mol. The first kappa shape index (κ1) is 15.2. The normalized spacial score (nSPS) is 12.8. The van der Waals surface area contributed by atoms with Crippen LogP contribution in [0.3, 0.4) is 0 Å². The van der Waals surface area contributed by atoms with Gasteiger partial charge in [-0.1, -0.05) is 20.8 Å². The Hall–Kier alpha value is -1.24. The molecule has 0 aliphatic carbocycles. The van der Waals surface area contributed by atoms with Crippen LogP contribution in [0.25, 0.3) is 10.9 Å². The van der Waals surface area contributed by atoms with Crippen molar-refractivity contribution in [3.8, 4) is 5.75 Å². The Morgan fingerprint density at radius 1 is 1.15 bits per heavy atom. The van der Waals surface area contributed by atoms with Gasteiger partial charge in [0.25, 0.3) is 0 Å². The SMILES string of the molecule is CC(C)(C)[Si](C)(C)Oc1ccc2[nH]c(B(O)O)cc2c1. The van der Waals surface area contributed by atoms with Crippen LogP contribution in [-0.2, 0) is 0 Å². The zero-order valence-corrected chi connectivity index (χ0v) is 13.7. The summed E-state index contributed by atoms with van der Waals surface area (Å²) in [5.74, 6) is 0.835. The Kier molecular flexibility index (Phi) is 3.75. The molecule has 2 aromatic rings. The molecule has 20 heavy (non-hydrogen) atoms. The minimum Gasteiger partial charge on any atom is -0.543 e. The maximum atomic E-state index is 9.19. The van der Waals surface area contributed by atoms with Crippen molar-refractivity contribution >= 4 is 31.9 Å². The zero-order valence-electron chi connectivity index (χ0n) is 12.7. The third kappa shape index (κ3) is 2.92. The molecular weight excluding hydrogens is 269 g/mol. The summed E-state index contributed by atoms with van der Waals surface area (Å²) in [6.07, 6.45) is 0. The van der Waals surface area contributed by atoms with E-state index in [0.29, 0.717) is 5.59 Å². The lowest BCUT2D eigenvalue weighted by atomic mass is 9.86. The predicted octanol–water partition coefficient (Wildman–Crippen LogP) is 2.23. The minimum atomic E-state index is -1.86. The van der Waals surface area contributed by atoms with Crippen LogP contribution in [-0.4, -0.2) is 30.5 Å². The second-order valence-electron chi connectivity index (χ2n) is 6.71. The van der Waals surface area contributed by atoms with E-state index in [0.717, 1.165) is 16.7 Å². The predicted molar refractivity (Wildman–Crippen MR) is 85.9 cm³/mol. The standard InChI is InChI=1S/C14H22BNO3Si/c1-14(2,3)20(4,5)19-11-6-7-12-10(8-11)9-13(16-12)15(17)18/h6-9,16-18H,1-5H3. The highest BCUT2D eigenvalue weighted by molar-refractivity contribution is 6.74. The van der Waals surface area contributed by atoms with Crippen LogP contribution in [0.1, 0.15) is 20.8 Å². The molecule has 0 atom stereocenters. The molecule has 2 rings (SSSR count). The largest absolute Gasteiger partial charge is 0.543 e. The fourth-order valence-corrected chi connectivity index (χ4v) is 2.81. The van der Waals surface area contributed by atoms with Crippen LogP contribution < -0.4 is 10.0 Å². The van der Waals surface area contributed by atoms with Gasteiger partial charge in [0.2, 0.25) is 8.32 Å². The van der Waals surface area contributed by atoms with Crippen molar-refractivity contribution < 1.29 is 14.5 Å². The monoisotopic (exact) mass is 291 g/mol. The summed E-state index contributed by atoms with van der Waals surface area (Å²) in [7, 11) is -3.34. The van der Waals surface area contributed by atoms with Crippen molar-refractivity contribution in [2.75, 3.05) is 0 Å². The molecule has 6 heteroatoms. The van der Waals surface area contributed by atoms with Gasteiger partial charge in [-0.2, -0.15) is 0 Å². The molecule has 0 radical (unpaired) electrons. The van der Waals surface area contributed by atoms with E-state index in [1.54, 1.807) is 6.07 Å². The van der Waals surface area contributed by atoms with E-state index < -0.39 is 15.4 Å². The first-order valence-electron chi connectivity index (χ1n) is 6.78. The molecule has 3 N–H and O–H groups in total. The summed E-state index contributed by atoms with van der Waals surface area (Å²) in [6, 6.07) is 7.51. The second kappa shape index (κ2) is 4.95. The fourth-order valence-electron chi connectivity index (χ4n) is 1.78. The van der Waals surface area contributed by atoms with Crippen LogP contribution in [0.4, 0.5) is 0 Å². The third-order valence-electron chi connectivity index (χ3n) is 4.07. The van der Waals surface area contributed by atoms with Crippen LogP contribution in [0.2, 0.25) is 18.1 Å². The number of rotatable bonds is 3. The van der Waals surface area contributed by atoms with E-state index in [4.69, 9.17) is 4.43 Å². The van der Waals surface area contributed by atoms with Crippen molar-refractivity contribution in [1.82, 2.24) is 4.98 Å². The van der Waals surface area contributed by atoms with Crippen LogP contribution in [0.15, 0.2) is 24.3 Å². The highest BCUT2D eigenvalue weighted by Gasteiger charge is 2.38. The number of fused-ring (bicyclic) bond motifs is 1. The Morgan fingerprint density at radius 3 is 2.35 bits per heavy atom. The molecule has 0 fully saturated rings. The lowest BCUT2D eigenvalue weighted by Crippen LogP contribution is -2.43. The van der Waals surface area contributed by atoms with Gasteiger partial charge in [-0.25, -0.2) is 0 Å². The number of hydrogen-bond acceptors (Lipinski definition) is 3. The molecule has 108 valence electrons. The van der Waals surface area contributed by atoms with E-state index in [2.05, 4.69) is 38.8 Å². The summed E-state index contributed by atoms with van der Waals surface area (Å²) in [5.41, 5.74) is 1.26. The molecule has 0 spiro atoms. The minimum absolute atomic E-state index is 0.145. The maximum Gasteiger partial charge on any atom is 0.505 e. The van der Waals surface area contributed by atoms with Crippen molar-refractivity contribution in [2.45, 2.75) is 38.9 Å². The molecule has 0 amide bonds. The van der Waals surface area contributed by atoms with E-state index in [1.807, 2.05) is 18.2 Å². The van der Waals surface area contributed by atoms with Gasteiger partial charge in [-0.15, -0.1) is 0 Å². The molecule has 0 aliphatic heterocycles. The Morgan fingerprint density at radius 2 is 1.80 bits per heavy atom. The van der Waals surface area contributed by atoms with Crippen LogP contribution >= 0.6 is 0 Å². The van der Waals surface area contributed by atoms with Crippen molar-refractivity contribution in [3.63, 3.8) is 0 Å². The summed E-state index contributed by atoms with van der Waals surface area (Å²) in [5, 5.41) is 19.4. The quantitative estimate of drug-likeness (QED) is 0.760. The molecule has 0 saturated carbocycles. The molecule has 0 unspecified atom stereocenters. The van der Waals surface area contributed by atoms with Crippen LogP contribution in [0, 0.1) is 0 Å². The van der Waals surface area contributed by atoms with Crippen LogP contribution in [0.5, 0.6) is 5.75 Å². The van der Waals surface area contributed by atoms with Gasteiger partial charge in [0, 0.05) is 16.5 Å². The fraction of sp³-hybridized carbons (Fsp3) is 0.429. The van der Waals surface area contributed by atoms with E-state index in [-0.39, 0.29) is 5.04 Å². The average Bonchev–Trinajstić information content (AvgIpc) is 2.69. The molecule has 1 aromatic carbocycles. The number of aromatic amines is 1. The number of hydrogen-bond donors (Lipinski definition) is 3. The Labute approximate surface area is 121 Å². The molecular formula is C14H22BNO3Si. The number of aromatic nitrogens is 1. The molecule has 1 heterocycles. The lowest BCUT2D eigenvalue weighted by molar-refractivity contribution is 0.424. The number of H-pyrrole nitrogens is 1. The van der Waals surface area contributed by atoms with Gasteiger partial charge in [-0.05, 0) is 42.4 Å². The van der Waals surface area contributed by atoms with E-state index in [9.17, 15) is 10.0 Å². The topological polar surface area (TPSA) is 65.5 Å². The zero-order chi connectivity index (χ0) is 15.1. The highest BCUT2D eigenvalue weighted by Crippen LogP contribution is 2.37.